The van der Waals surface area contributed by atoms with Crippen molar-refractivity contribution in [1.82, 2.24) is 5.32 Å². The zero-order chi connectivity index (χ0) is 30.5. The lowest BCUT2D eigenvalue weighted by atomic mass is 10.0. The molecule has 2 atom stereocenters. The topological polar surface area (TPSA) is 178 Å². The monoisotopic (exact) mass is 589 g/mol. The molecule has 0 aromatic heterocycles. The fourth-order valence-electron chi connectivity index (χ4n) is 3.77. The standard InChI is InChI=1S/C22H23F2N5O5.C2HF3O2/c23-18-5-12(28-10-14(7-25)33-21(28)31)1-3-16(18)17-4-2-13(6-19(17)24)29-11-15(34-22(29)32)9-27-20(30)8-26;3-2(4,5)1(6)7/h1-6,14-15H,7-11,25-26H2,(H,27,30);(H,6,7)/t14-,15-;/m0./s1. The minimum absolute atomic E-state index is 0.0119. The summed E-state index contributed by atoms with van der Waals surface area (Å²) in [5, 5.41) is 9.65. The van der Waals surface area contributed by atoms with Gasteiger partial charge in [0.05, 0.1) is 37.6 Å². The van der Waals surface area contributed by atoms with Gasteiger partial charge in [0.15, 0.2) is 0 Å². The molecule has 3 amide bonds. The van der Waals surface area contributed by atoms with Gasteiger partial charge in [-0.3, -0.25) is 14.6 Å². The van der Waals surface area contributed by atoms with Crippen LogP contribution in [0.1, 0.15) is 0 Å². The summed E-state index contributed by atoms with van der Waals surface area (Å²) in [6.45, 7) is 0.327. The normalized spacial score (nSPS) is 18.4. The minimum Gasteiger partial charge on any atom is -0.475 e. The van der Waals surface area contributed by atoms with Crippen LogP contribution < -0.4 is 26.6 Å². The fourth-order valence-corrected chi connectivity index (χ4v) is 3.77. The van der Waals surface area contributed by atoms with E-state index in [1.54, 1.807) is 0 Å². The van der Waals surface area contributed by atoms with Crippen molar-refractivity contribution in [2.45, 2.75) is 18.4 Å². The third kappa shape index (κ3) is 7.57. The van der Waals surface area contributed by atoms with Crippen LogP contribution >= 0.6 is 0 Å². The van der Waals surface area contributed by atoms with E-state index in [1.165, 1.54) is 34.1 Å². The third-order valence-electron chi connectivity index (χ3n) is 5.78. The maximum absolute atomic E-state index is 14.9. The van der Waals surface area contributed by atoms with Crippen molar-refractivity contribution in [1.29, 1.82) is 0 Å². The highest BCUT2D eigenvalue weighted by Gasteiger charge is 2.38. The van der Waals surface area contributed by atoms with Crippen LogP contribution in [-0.2, 0) is 19.1 Å². The number of amides is 3. The molecule has 2 fully saturated rings. The van der Waals surface area contributed by atoms with Crippen molar-refractivity contribution in [3.05, 3.63) is 48.0 Å². The number of rotatable bonds is 7. The second-order valence-corrected chi connectivity index (χ2v) is 8.61. The summed E-state index contributed by atoms with van der Waals surface area (Å²) in [6, 6.07) is 7.91. The van der Waals surface area contributed by atoms with Crippen LogP contribution in [0.4, 0.5) is 42.9 Å². The SMILES string of the molecule is NCC(=O)NC[C@H]1CN(c2ccc(-c3ccc(N4C[C@H](CN)OC4=O)cc3F)c(F)c2)C(=O)O1.O=C(O)C(F)(F)F. The van der Waals surface area contributed by atoms with Crippen molar-refractivity contribution in [3.63, 3.8) is 0 Å². The number of benzene rings is 2. The van der Waals surface area contributed by atoms with Crippen LogP contribution in [-0.4, -0.2) is 80.3 Å². The summed E-state index contributed by atoms with van der Waals surface area (Å²) in [5.41, 5.74) is 11.2. The number of carbonyl (C=O) groups is 4. The first-order valence-corrected chi connectivity index (χ1v) is 11.8. The van der Waals surface area contributed by atoms with E-state index in [0.717, 1.165) is 12.1 Å². The average molecular weight is 589 g/mol. The Bertz CT molecular complexity index is 1330. The highest BCUT2D eigenvalue weighted by molar-refractivity contribution is 5.91. The second kappa shape index (κ2) is 12.8. The van der Waals surface area contributed by atoms with Crippen LogP contribution in [0.3, 0.4) is 0 Å². The average Bonchev–Trinajstić information content (AvgIpc) is 3.48. The van der Waals surface area contributed by atoms with Crippen molar-refractivity contribution >= 4 is 35.4 Å². The Balaban J connectivity index is 0.000000587. The molecule has 222 valence electrons. The van der Waals surface area contributed by atoms with Gasteiger partial charge in [0.2, 0.25) is 5.91 Å². The predicted molar refractivity (Wildman–Crippen MR) is 132 cm³/mol. The zero-order valence-corrected chi connectivity index (χ0v) is 21.0. The molecule has 2 aromatic rings. The van der Waals surface area contributed by atoms with Crippen molar-refractivity contribution < 1.29 is 55.7 Å². The molecular formula is C24H24F5N5O7. The molecule has 0 bridgehead atoms. The lowest BCUT2D eigenvalue weighted by Crippen LogP contribution is -2.37. The number of nitrogens with zero attached hydrogens (tertiary/aromatic N) is 2. The number of alkyl halides is 3. The van der Waals surface area contributed by atoms with E-state index in [4.69, 9.17) is 30.8 Å². The summed E-state index contributed by atoms with van der Waals surface area (Å²) in [7, 11) is 0. The molecule has 0 aliphatic carbocycles. The molecule has 0 saturated carbocycles. The fraction of sp³-hybridized carbons (Fsp3) is 0.333. The van der Waals surface area contributed by atoms with Gasteiger partial charge in [-0.05, 0) is 36.4 Å². The predicted octanol–water partition coefficient (Wildman–Crippen LogP) is 1.95. The largest absolute Gasteiger partial charge is 0.490 e. The molecule has 0 radical (unpaired) electrons. The highest BCUT2D eigenvalue weighted by atomic mass is 19.4. The van der Waals surface area contributed by atoms with Crippen molar-refractivity contribution in [2.75, 3.05) is 42.5 Å². The molecule has 4 rings (SSSR count). The first-order valence-electron chi connectivity index (χ1n) is 11.8. The van der Waals surface area contributed by atoms with Crippen LogP contribution in [0.25, 0.3) is 11.1 Å². The lowest BCUT2D eigenvalue weighted by molar-refractivity contribution is -0.192. The van der Waals surface area contributed by atoms with Crippen LogP contribution in [0.2, 0.25) is 0 Å². The van der Waals surface area contributed by atoms with Crippen molar-refractivity contribution in [3.8, 4) is 11.1 Å². The maximum Gasteiger partial charge on any atom is 0.490 e. The summed E-state index contributed by atoms with van der Waals surface area (Å²) in [5.74, 6) is -4.63. The van der Waals surface area contributed by atoms with Crippen LogP contribution in [0.15, 0.2) is 36.4 Å². The quantitative estimate of drug-likeness (QED) is 0.352. The smallest absolute Gasteiger partial charge is 0.475 e. The number of cyclic esters (lactones) is 2. The molecule has 0 unspecified atom stereocenters. The van der Waals surface area contributed by atoms with E-state index in [1.807, 2.05) is 0 Å². The number of hydrogen-bond acceptors (Lipinski definition) is 8. The van der Waals surface area contributed by atoms with E-state index < -0.39 is 54.1 Å². The molecular weight excluding hydrogens is 565 g/mol. The number of carboxylic acids is 1. The number of halogens is 5. The third-order valence-corrected chi connectivity index (χ3v) is 5.78. The Morgan fingerprint density at radius 2 is 1.34 bits per heavy atom. The Kier molecular flexibility index (Phi) is 9.67. The Morgan fingerprint density at radius 1 is 0.902 bits per heavy atom. The van der Waals surface area contributed by atoms with Gasteiger partial charge in [0, 0.05) is 17.7 Å². The first-order chi connectivity index (χ1) is 19.2. The second-order valence-electron chi connectivity index (χ2n) is 8.61. The van der Waals surface area contributed by atoms with E-state index in [2.05, 4.69) is 5.32 Å². The van der Waals surface area contributed by atoms with Gasteiger partial charge in [0.25, 0.3) is 0 Å². The lowest BCUT2D eigenvalue weighted by Gasteiger charge is -2.16. The van der Waals surface area contributed by atoms with Gasteiger partial charge in [-0.25, -0.2) is 23.2 Å². The number of carboxylic acid groups (broad SMARTS) is 1. The molecule has 2 aliphatic heterocycles. The van der Waals surface area contributed by atoms with Gasteiger partial charge in [-0.1, -0.05) is 0 Å². The zero-order valence-electron chi connectivity index (χ0n) is 21.0. The Hall–Kier alpha value is -4.51. The van der Waals surface area contributed by atoms with Gasteiger partial charge < -0.3 is 31.4 Å². The molecule has 2 saturated heterocycles. The van der Waals surface area contributed by atoms with E-state index in [0.29, 0.717) is 0 Å². The van der Waals surface area contributed by atoms with Gasteiger partial charge in [-0.15, -0.1) is 0 Å². The van der Waals surface area contributed by atoms with E-state index in [9.17, 15) is 36.3 Å². The summed E-state index contributed by atoms with van der Waals surface area (Å²) in [4.78, 5) is 46.8. The maximum atomic E-state index is 14.9. The summed E-state index contributed by atoms with van der Waals surface area (Å²) < 4.78 is 71.8. The van der Waals surface area contributed by atoms with E-state index in [-0.39, 0.29) is 55.2 Å². The highest BCUT2D eigenvalue weighted by Crippen LogP contribution is 2.33. The van der Waals surface area contributed by atoms with Crippen LogP contribution in [0.5, 0.6) is 0 Å². The molecule has 2 heterocycles. The minimum atomic E-state index is -5.08. The number of hydrogen-bond donors (Lipinski definition) is 4. The molecule has 12 nitrogen and oxygen atoms in total. The molecule has 2 aromatic carbocycles. The number of anilines is 2. The molecule has 2 aliphatic rings. The molecule has 6 N–H and O–H groups in total. The summed E-state index contributed by atoms with van der Waals surface area (Å²) >= 11 is 0. The number of ether oxygens (including phenoxy) is 2. The number of carbonyl (C=O) groups excluding carboxylic acids is 3. The molecule has 17 heteroatoms. The number of nitrogens with two attached hydrogens (primary N) is 2. The first kappa shape index (κ1) is 31.0. The van der Waals surface area contributed by atoms with Crippen LogP contribution in [0, 0.1) is 11.6 Å². The van der Waals surface area contributed by atoms with Gasteiger partial charge >= 0.3 is 24.3 Å². The Labute approximate surface area is 228 Å². The molecule has 41 heavy (non-hydrogen) atoms. The van der Waals surface area contributed by atoms with Gasteiger partial charge in [0.1, 0.15) is 23.8 Å². The number of aliphatic carboxylic acids is 1. The van der Waals surface area contributed by atoms with E-state index >= 15 is 0 Å². The van der Waals surface area contributed by atoms with Crippen molar-refractivity contribution in [2.24, 2.45) is 11.5 Å². The summed E-state index contributed by atoms with van der Waals surface area (Å²) in [6.07, 6.45) is -7.50. The Morgan fingerprint density at radius 3 is 1.71 bits per heavy atom. The number of nitrogens with one attached hydrogen (secondary N) is 1. The molecule has 0 spiro atoms. The van der Waals surface area contributed by atoms with Gasteiger partial charge in [-0.2, -0.15) is 13.2 Å².